The fraction of sp³-hybridized carbons (Fsp3) is 0.364. The largest absolute Gasteiger partial charge is 0.477 e. The van der Waals surface area contributed by atoms with Crippen molar-refractivity contribution < 1.29 is 14.3 Å². The van der Waals surface area contributed by atoms with Gasteiger partial charge in [-0.15, -0.1) is 0 Å². The van der Waals surface area contributed by atoms with E-state index in [1.807, 2.05) is 54.3 Å². The van der Waals surface area contributed by atoms with Crippen molar-refractivity contribution in [3.05, 3.63) is 60.2 Å². The number of amides is 2. The highest BCUT2D eigenvalue weighted by atomic mass is 16.5. The molecule has 0 aromatic heterocycles. The molecule has 6 nitrogen and oxygen atoms in total. The Morgan fingerprint density at radius 2 is 1.86 bits per heavy atom. The molecule has 2 aromatic rings. The maximum absolute atomic E-state index is 12.6. The molecular weight excluding hydrogens is 354 g/mol. The molecule has 3 rings (SSSR count). The molecule has 2 aromatic carbocycles. The van der Waals surface area contributed by atoms with Gasteiger partial charge in [-0.1, -0.05) is 42.5 Å². The Morgan fingerprint density at radius 1 is 1.14 bits per heavy atom. The topological polar surface area (TPSA) is 70.7 Å². The van der Waals surface area contributed by atoms with Crippen LogP contribution in [0.3, 0.4) is 0 Å². The summed E-state index contributed by atoms with van der Waals surface area (Å²) >= 11 is 0. The summed E-state index contributed by atoms with van der Waals surface area (Å²) in [6.45, 7) is 2.54. The summed E-state index contributed by atoms with van der Waals surface area (Å²) in [4.78, 5) is 26.5. The molecule has 2 amide bonds. The first-order chi connectivity index (χ1) is 13.6. The van der Waals surface area contributed by atoms with Gasteiger partial charge in [-0.3, -0.25) is 9.59 Å². The van der Waals surface area contributed by atoms with Crippen LogP contribution in [0.4, 0.5) is 5.69 Å². The molecule has 1 heterocycles. The van der Waals surface area contributed by atoms with E-state index in [0.29, 0.717) is 12.3 Å². The Hall–Kier alpha value is -3.02. The van der Waals surface area contributed by atoms with Gasteiger partial charge in [0.25, 0.3) is 5.91 Å². The molecule has 0 radical (unpaired) electrons. The lowest BCUT2D eigenvalue weighted by atomic mass is 10.1. The van der Waals surface area contributed by atoms with Crippen molar-refractivity contribution >= 4 is 17.5 Å². The lowest BCUT2D eigenvalue weighted by molar-refractivity contribution is -0.127. The molecule has 0 aliphatic carbocycles. The minimum atomic E-state index is -0.636. The van der Waals surface area contributed by atoms with E-state index in [4.69, 9.17) is 4.74 Å². The van der Waals surface area contributed by atoms with E-state index in [-0.39, 0.29) is 24.4 Å². The Morgan fingerprint density at radius 3 is 2.61 bits per heavy atom. The van der Waals surface area contributed by atoms with Gasteiger partial charge >= 0.3 is 0 Å². The van der Waals surface area contributed by atoms with Crippen LogP contribution in [0.1, 0.15) is 18.9 Å². The highest BCUT2D eigenvalue weighted by Gasteiger charge is 2.31. The number of para-hydroxylation sites is 2. The van der Waals surface area contributed by atoms with Crippen molar-refractivity contribution in [2.45, 2.75) is 31.9 Å². The van der Waals surface area contributed by atoms with Crippen molar-refractivity contribution in [1.82, 2.24) is 10.6 Å². The summed E-state index contributed by atoms with van der Waals surface area (Å²) in [6.07, 6.45) is 1.15. The second-order valence-electron chi connectivity index (χ2n) is 7.06. The van der Waals surface area contributed by atoms with E-state index in [1.54, 1.807) is 7.05 Å². The summed E-state index contributed by atoms with van der Waals surface area (Å²) in [7, 11) is 1.58. The molecule has 0 bridgehead atoms. The third-order valence-electron chi connectivity index (χ3n) is 4.85. The van der Waals surface area contributed by atoms with Gasteiger partial charge in [0.2, 0.25) is 5.91 Å². The molecule has 148 valence electrons. The van der Waals surface area contributed by atoms with Gasteiger partial charge in [0, 0.05) is 13.1 Å². The van der Waals surface area contributed by atoms with Crippen molar-refractivity contribution in [3.8, 4) is 5.75 Å². The van der Waals surface area contributed by atoms with Gasteiger partial charge in [0.1, 0.15) is 5.75 Å². The van der Waals surface area contributed by atoms with Crippen LogP contribution in [0.15, 0.2) is 54.6 Å². The van der Waals surface area contributed by atoms with Crippen LogP contribution in [0.5, 0.6) is 5.75 Å². The lowest BCUT2D eigenvalue weighted by Crippen LogP contribution is -2.51. The predicted octanol–water partition coefficient (Wildman–Crippen LogP) is 2.14. The number of hydrogen-bond acceptors (Lipinski definition) is 4. The molecule has 2 N–H and O–H groups in total. The third-order valence-corrected chi connectivity index (χ3v) is 4.85. The standard InChI is InChI=1S/C22H27N3O3/c1-16(12-13-17-8-4-3-5-9-17)24-21(26)15-25-14-20(22(27)23-2)28-19-11-7-6-10-18(19)25/h3-11,16,20H,12-15H2,1-2H3,(H,23,27)(H,24,26)/t16-,20+/m0/s1. The smallest absolute Gasteiger partial charge is 0.262 e. The van der Waals surface area contributed by atoms with Crippen LogP contribution < -0.4 is 20.3 Å². The quantitative estimate of drug-likeness (QED) is 0.771. The zero-order valence-corrected chi connectivity index (χ0v) is 16.4. The Labute approximate surface area is 165 Å². The number of rotatable bonds is 7. The minimum Gasteiger partial charge on any atom is -0.477 e. The summed E-state index contributed by atoms with van der Waals surface area (Å²) < 4.78 is 5.78. The molecule has 0 unspecified atom stereocenters. The van der Waals surface area contributed by atoms with Crippen LogP contribution >= 0.6 is 0 Å². The van der Waals surface area contributed by atoms with Crippen LogP contribution in [0.2, 0.25) is 0 Å². The van der Waals surface area contributed by atoms with Crippen molar-refractivity contribution in [2.24, 2.45) is 0 Å². The molecule has 1 aliphatic rings. The Bertz CT molecular complexity index is 810. The summed E-state index contributed by atoms with van der Waals surface area (Å²) in [5.41, 5.74) is 2.09. The van der Waals surface area contributed by atoms with E-state index in [9.17, 15) is 9.59 Å². The van der Waals surface area contributed by atoms with E-state index < -0.39 is 6.10 Å². The average molecular weight is 381 g/mol. The Kier molecular flexibility index (Phi) is 6.53. The zero-order chi connectivity index (χ0) is 19.9. The number of aryl methyl sites for hydroxylation is 1. The molecule has 28 heavy (non-hydrogen) atoms. The first-order valence-corrected chi connectivity index (χ1v) is 9.62. The number of benzene rings is 2. The van der Waals surface area contributed by atoms with Gasteiger partial charge in [-0.2, -0.15) is 0 Å². The van der Waals surface area contributed by atoms with Crippen LogP contribution in [-0.2, 0) is 16.0 Å². The molecule has 1 aliphatic heterocycles. The van der Waals surface area contributed by atoms with Crippen LogP contribution in [-0.4, -0.2) is 44.1 Å². The normalized spacial score (nSPS) is 16.5. The highest BCUT2D eigenvalue weighted by molar-refractivity contribution is 5.86. The first kappa shape index (κ1) is 19.7. The van der Waals surface area contributed by atoms with Crippen LogP contribution in [0, 0.1) is 0 Å². The predicted molar refractivity (Wildman–Crippen MR) is 110 cm³/mol. The molecule has 0 saturated heterocycles. The second kappa shape index (κ2) is 9.26. The van der Waals surface area contributed by atoms with E-state index in [1.165, 1.54) is 5.56 Å². The van der Waals surface area contributed by atoms with Crippen molar-refractivity contribution in [2.75, 3.05) is 25.0 Å². The van der Waals surface area contributed by atoms with Crippen LogP contribution in [0.25, 0.3) is 0 Å². The number of nitrogens with one attached hydrogen (secondary N) is 2. The lowest BCUT2D eigenvalue weighted by Gasteiger charge is -2.35. The maximum atomic E-state index is 12.6. The second-order valence-corrected chi connectivity index (χ2v) is 7.06. The van der Waals surface area contributed by atoms with Crippen molar-refractivity contribution in [3.63, 3.8) is 0 Å². The fourth-order valence-corrected chi connectivity index (χ4v) is 3.35. The monoisotopic (exact) mass is 381 g/mol. The molecule has 2 atom stereocenters. The molecule has 0 fully saturated rings. The zero-order valence-electron chi connectivity index (χ0n) is 16.4. The number of fused-ring (bicyclic) bond motifs is 1. The van der Waals surface area contributed by atoms with Gasteiger partial charge in [-0.25, -0.2) is 0 Å². The SMILES string of the molecule is CNC(=O)[C@H]1CN(CC(=O)N[C@@H](C)CCc2ccccc2)c2ccccc2O1. The number of anilines is 1. The van der Waals surface area contributed by atoms with Gasteiger partial charge in [0.15, 0.2) is 6.10 Å². The fourth-order valence-electron chi connectivity index (χ4n) is 3.35. The number of hydrogen-bond donors (Lipinski definition) is 2. The number of likely N-dealkylation sites (N-methyl/N-ethyl adjacent to an activating group) is 1. The number of carbonyl (C=O) groups excluding carboxylic acids is 2. The summed E-state index contributed by atoms with van der Waals surface area (Å²) in [5.74, 6) is 0.358. The van der Waals surface area contributed by atoms with Gasteiger partial charge < -0.3 is 20.3 Å². The number of nitrogens with zero attached hydrogens (tertiary/aromatic N) is 1. The Balaban J connectivity index is 1.58. The molecule has 0 saturated carbocycles. The highest BCUT2D eigenvalue weighted by Crippen LogP contribution is 2.32. The van der Waals surface area contributed by atoms with E-state index >= 15 is 0 Å². The van der Waals surface area contributed by atoms with Crippen molar-refractivity contribution in [1.29, 1.82) is 0 Å². The maximum Gasteiger partial charge on any atom is 0.262 e. The third kappa shape index (κ3) is 5.03. The molecular formula is C22H27N3O3. The average Bonchev–Trinajstić information content (AvgIpc) is 2.72. The van der Waals surface area contributed by atoms with E-state index in [2.05, 4.69) is 22.8 Å². The summed E-state index contributed by atoms with van der Waals surface area (Å²) in [6, 6.07) is 17.8. The number of carbonyl (C=O) groups is 2. The van der Waals surface area contributed by atoms with E-state index in [0.717, 1.165) is 18.5 Å². The summed E-state index contributed by atoms with van der Waals surface area (Å²) in [5, 5.41) is 5.68. The molecule has 0 spiro atoms. The van der Waals surface area contributed by atoms with Gasteiger partial charge in [-0.05, 0) is 37.5 Å². The van der Waals surface area contributed by atoms with Gasteiger partial charge in [0.05, 0.1) is 18.8 Å². The molecule has 6 heteroatoms. The first-order valence-electron chi connectivity index (χ1n) is 9.62. The minimum absolute atomic E-state index is 0.0621. The number of ether oxygens (including phenoxy) is 1.